The molecule has 1 aromatic heterocycles. The van der Waals surface area contributed by atoms with Crippen molar-refractivity contribution in [1.82, 2.24) is 4.57 Å². The van der Waals surface area contributed by atoms with Gasteiger partial charge in [-0.25, -0.2) is 0 Å². The van der Waals surface area contributed by atoms with Crippen LogP contribution in [0.5, 0.6) is 0 Å². The Morgan fingerprint density at radius 1 is 0.850 bits per heavy atom. The van der Waals surface area contributed by atoms with Gasteiger partial charge in [0.15, 0.2) is 0 Å². The smallest absolute Gasteiger partial charge is 0.199 e. The molecule has 1 heterocycles. The van der Waals surface area contributed by atoms with Crippen LogP contribution in [0.2, 0.25) is 0 Å². The number of aromatic nitrogens is 2. The summed E-state index contributed by atoms with van der Waals surface area (Å²) in [6, 6.07) is 21.0. The Hall–Kier alpha value is -2.35. The van der Waals surface area contributed by atoms with E-state index in [0.717, 1.165) is 0 Å². The normalized spacial score (nSPS) is 10.9. The van der Waals surface area contributed by atoms with Crippen LogP contribution in [-0.4, -0.2) is 4.57 Å². The maximum absolute atomic E-state index is 2.26. The molecule has 20 heavy (non-hydrogen) atoms. The zero-order valence-electron chi connectivity index (χ0n) is 11.9. The summed E-state index contributed by atoms with van der Waals surface area (Å²) >= 11 is 0. The Balaban J connectivity index is 2.17. The summed E-state index contributed by atoms with van der Waals surface area (Å²) in [5.74, 6) is 1.72. The molecule has 0 unspecified atom stereocenters. The summed E-state index contributed by atoms with van der Waals surface area (Å²) in [5, 5.41) is 0. The first-order chi connectivity index (χ1) is 9.77. The Morgan fingerprint density at radius 3 is 2.05 bits per heavy atom. The number of benzene rings is 2. The van der Waals surface area contributed by atoms with Gasteiger partial charge in [-0.05, 0) is 24.3 Å². The van der Waals surface area contributed by atoms with Crippen LogP contribution in [0.25, 0.3) is 11.4 Å². The molecule has 0 saturated carbocycles. The van der Waals surface area contributed by atoms with E-state index in [1.807, 2.05) is 12.1 Å². The highest BCUT2D eigenvalue weighted by atomic mass is 15.2. The van der Waals surface area contributed by atoms with E-state index in [9.17, 15) is 0 Å². The van der Waals surface area contributed by atoms with E-state index in [2.05, 4.69) is 83.9 Å². The van der Waals surface area contributed by atoms with Gasteiger partial charge >= 0.3 is 0 Å². The Bertz CT molecular complexity index is 625. The van der Waals surface area contributed by atoms with Crippen LogP contribution in [0.4, 0.5) is 0 Å². The SMILES string of the molecule is CC(C)c1n(-c2ccccc2)cc[n+]1-c1ccccc1. The van der Waals surface area contributed by atoms with Gasteiger partial charge in [-0.2, -0.15) is 9.13 Å². The molecule has 100 valence electrons. The second-order valence-electron chi connectivity index (χ2n) is 5.22. The third-order valence-corrected chi connectivity index (χ3v) is 3.44. The van der Waals surface area contributed by atoms with Crippen LogP contribution >= 0.6 is 0 Å². The summed E-state index contributed by atoms with van der Waals surface area (Å²) in [5.41, 5.74) is 2.40. The summed E-state index contributed by atoms with van der Waals surface area (Å²) in [6.45, 7) is 4.46. The summed E-state index contributed by atoms with van der Waals surface area (Å²) in [7, 11) is 0. The number of hydrogen-bond acceptors (Lipinski definition) is 0. The molecular formula is C18H19N2+. The number of hydrogen-bond donors (Lipinski definition) is 0. The molecule has 0 radical (unpaired) electrons. The second kappa shape index (κ2) is 5.33. The Kier molecular flexibility index (Phi) is 3.38. The minimum atomic E-state index is 0.436. The molecule has 2 aromatic carbocycles. The average Bonchev–Trinajstić information content (AvgIpc) is 2.94. The van der Waals surface area contributed by atoms with Crippen molar-refractivity contribution < 1.29 is 4.57 Å². The van der Waals surface area contributed by atoms with Crippen LogP contribution in [0.1, 0.15) is 25.6 Å². The average molecular weight is 263 g/mol. The molecule has 0 aliphatic rings. The molecule has 0 amide bonds. The summed E-state index contributed by atoms with van der Waals surface area (Å²) < 4.78 is 4.52. The van der Waals surface area contributed by atoms with Gasteiger partial charge in [-0.15, -0.1) is 0 Å². The van der Waals surface area contributed by atoms with Gasteiger partial charge in [-0.3, -0.25) is 0 Å². The van der Waals surface area contributed by atoms with E-state index in [4.69, 9.17) is 0 Å². The molecule has 0 N–H and O–H groups in total. The lowest BCUT2D eigenvalue weighted by molar-refractivity contribution is -0.605. The monoisotopic (exact) mass is 263 g/mol. The molecule has 0 fully saturated rings. The highest BCUT2D eigenvalue weighted by Gasteiger charge is 2.22. The predicted molar refractivity (Wildman–Crippen MR) is 81.4 cm³/mol. The van der Waals surface area contributed by atoms with Gasteiger partial charge in [0, 0.05) is 0 Å². The molecule has 2 heteroatoms. The number of nitrogens with zero attached hydrogens (tertiary/aromatic N) is 2. The molecule has 0 atom stereocenters. The lowest BCUT2D eigenvalue weighted by Gasteiger charge is -2.07. The zero-order chi connectivity index (χ0) is 13.9. The van der Waals surface area contributed by atoms with Crippen LogP contribution in [0, 0.1) is 0 Å². The molecule has 2 nitrogen and oxygen atoms in total. The van der Waals surface area contributed by atoms with Crippen LogP contribution in [-0.2, 0) is 0 Å². The number of rotatable bonds is 3. The van der Waals surface area contributed by atoms with E-state index >= 15 is 0 Å². The van der Waals surface area contributed by atoms with Crippen molar-refractivity contribution in [1.29, 1.82) is 0 Å². The minimum absolute atomic E-state index is 0.436. The molecule has 0 bridgehead atoms. The lowest BCUT2D eigenvalue weighted by atomic mass is 10.2. The zero-order valence-corrected chi connectivity index (χ0v) is 11.9. The van der Waals surface area contributed by atoms with Gasteiger partial charge in [0.2, 0.25) is 0 Å². The number of para-hydroxylation sites is 2. The molecule has 0 aliphatic heterocycles. The second-order valence-corrected chi connectivity index (χ2v) is 5.22. The predicted octanol–water partition coefficient (Wildman–Crippen LogP) is 3.88. The maximum Gasteiger partial charge on any atom is 0.269 e. The van der Waals surface area contributed by atoms with Crippen molar-refractivity contribution in [2.24, 2.45) is 0 Å². The Labute approximate surface area is 119 Å². The van der Waals surface area contributed by atoms with Gasteiger partial charge < -0.3 is 0 Å². The van der Waals surface area contributed by atoms with Crippen molar-refractivity contribution in [3.63, 3.8) is 0 Å². The highest BCUT2D eigenvalue weighted by molar-refractivity contribution is 5.33. The first kappa shape index (κ1) is 12.7. The first-order valence-corrected chi connectivity index (χ1v) is 7.01. The molecular weight excluding hydrogens is 244 g/mol. The fraction of sp³-hybridized carbons (Fsp3) is 0.167. The van der Waals surface area contributed by atoms with Gasteiger partial charge in [-0.1, -0.05) is 50.2 Å². The summed E-state index contributed by atoms with van der Waals surface area (Å²) in [6.07, 6.45) is 4.27. The summed E-state index contributed by atoms with van der Waals surface area (Å²) in [4.78, 5) is 0. The van der Waals surface area contributed by atoms with Gasteiger partial charge in [0.05, 0.1) is 5.92 Å². The molecule has 3 rings (SSSR count). The van der Waals surface area contributed by atoms with Crippen molar-refractivity contribution >= 4 is 0 Å². The van der Waals surface area contributed by atoms with E-state index in [1.54, 1.807) is 0 Å². The van der Waals surface area contributed by atoms with Crippen LogP contribution in [0.3, 0.4) is 0 Å². The third-order valence-electron chi connectivity index (χ3n) is 3.44. The van der Waals surface area contributed by atoms with E-state index < -0.39 is 0 Å². The van der Waals surface area contributed by atoms with Crippen molar-refractivity contribution in [3.05, 3.63) is 78.9 Å². The highest BCUT2D eigenvalue weighted by Crippen LogP contribution is 2.18. The lowest BCUT2D eigenvalue weighted by Crippen LogP contribution is -2.35. The van der Waals surface area contributed by atoms with Crippen LogP contribution < -0.4 is 4.57 Å². The van der Waals surface area contributed by atoms with E-state index in [0.29, 0.717) is 5.92 Å². The van der Waals surface area contributed by atoms with Crippen molar-refractivity contribution in [2.75, 3.05) is 0 Å². The largest absolute Gasteiger partial charge is 0.269 e. The van der Waals surface area contributed by atoms with Gasteiger partial charge in [0.1, 0.15) is 23.8 Å². The Morgan fingerprint density at radius 2 is 1.45 bits per heavy atom. The van der Waals surface area contributed by atoms with E-state index in [-0.39, 0.29) is 0 Å². The molecule has 3 aromatic rings. The quantitative estimate of drug-likeness (QED) is 0.634. The van der Waals surface area contributed by atoms with Crippen molar-refractivity contribution in [3.8, 4) is 11.4 Å². The van der Waals surface area contributed by atoms with Gasteiger partial charge in [0.25, 0.3) is 5.82 Å². The minimum Gasteiger partial charge on any atom is -0.199 e. The molecule has 0 saturated heterocycles. The standard InChI is InChI=1S/C18H19N2/c1-15(2)18-19(16-9-5-3-6-10-16)13-14-20(18)17-11-7-4-8-12-17/h3-15H,1-2H3/q+1. The molecule has 0 aliphatic carbocycles. The van der Waals surface area contributed by atoms with E-state index in [1.165, 1.54) is 17.2 Å². The first-order valence-electron chi connectivity index (χ1n) is 7.01. The fourth-order valence-corrected chi connectivity index (χ4v) is 2.57. The topological polar surface area (TPSA) is 8.81 Å². The van der Waals surface area contributed by atoms with Crippen molar-refractivity contribution in [2.45, 2.75) is 19.8 Å². The van der Waals surface area contributed by atoms with Crippen LogP contribution in [0.15, 0.2) is 73.1 Å². The maximum atomic E-state index is 2.26. The molecule has 0 spiro atoms. The third kappa shape index (κ3) is 2.25. The number of imidazole rings is 1. The fourth-order valence-electron chi connectivity index (χ4n) is 2.57.